The van der Waals surface area contributed by atoms with E-state index in [1.165, 1.54) is 4.90 Å². The number of para-hydroxylation sites is 1. The standard InChI is InChI=1S/C27H35N5O4S/c1-27(2,3)36-26(34)32-17-21(24(22(33)18-32)25(37)30-20-9-7-6-8-10-20)29-15-19-11-12-28-16-23(19)35-14-13-31(4)5/h6-12,16,29H,13-15,17-18H2,1-5H3,(H,30,37). The van der Waals surface area contributed by atoms with Gasteiger partial charge in [0.2, 0.25) is 0 Å². The number of nitrogens with one attached hydrogen (secondary N) is 2. The van der Waals surface area contributed by atoms with Crippen LogP contribution in [0.25, 0.3) is 0 Å². The topological polar surface area (TPSA) is 96.0 Å². The average Bonchev–Trinajstić information content (AvgIpc) is 2.82. The summed E-state index contributed by atoms with van der Waals surface area (Å²) in [6.45, 7) is 7.01. The van der Waals surface area contributed by atoms with E-state index in [9.17, 15) is 9.59 Å². The van der Waals surface area contributed by atoms with Crippen molar-refractivity contribution in [3.8, 4) is 5.75 Å². The molecule has 1 aliphatic rings. The molecular weight excluding hydrogens is 490 g/mol. The summed E-state index contributed by atoms with van der Waals surface area (Å²) in [6, 6.07) is 11.3. The molecular formula is C27H35N5O4S. The number of Topliss-reactive ketones (excluding diaryl/α,β-unsaturated/α-hetero) is 1. The van der Waals surface area contributed by atoms with Crippen LogP contribution in [-0.4, -0.2) is 77.6 Å². The zero-order chi connectivity index (χ0) is 27.0. The molecule has 37 heavy (non-hydrogen) atoms. The summed E-state index contributed by atoms with van der Waals surface area (Å²) in [7, 11) is 3.96. The summed E-state index contributed by atoms with van der Waals surface area (Å²) in [6.07, 6.45) is 2.80. The van der Waals surface area contributed by atoms with E-state index >= 15 is 0 Å². The highest BCUT2D eigenvalue weighted by Gasteiger charge is 2.33. The molecule has 0 bridgehead atoms. The lowest BCUT2D eigenvalue weighted by Crippen LogP contribution is -2.48. The Labute approximate surface area is 223 Å². The number of nitrogens with zero attached hydrogens (tertiary/aromatic N) is 3. The maximum atomic E-state index is 13.3. The van der Waals surface area contributed by atoms with Crippen molar-refractivity contribution in [3.63, 3.8) is 0 Å². The number of benzene rings is 1. The molecule has 1 amide bonds. The minimum absolute atomic E-state index is 0.125. The fraction of sp³-hybridized carbons (Fsp3) is 0.407. The van der Waals surface area contributed by atoms with Crippen LogP contribution in [-0.2, 0) is 16.1 Å². The maximum absolute atomic E-state index is 13.3. The number of likely N-dealkylation sites (N-methyl/N-ethyl adjacent to an activating group) is 1. The molecule has 0 spiro atoms. The summed E-state index contributed by atoms with van der Waals surface area (Å²) in [5.74, 6) is 0.375. The molecule has 1 aromatic carbocycles. The third kappa shape index (κ3) is 8.54. The van der Waals surface area contributed by atoms with Crippen molar-refractivity contribution in [1.82, 2.24) is 20.1 Å². The number of hydrogen-bond acceptors (Lipinski definition) is 8. The van der Waals surface area contributed by atoms with E-state index in [1.54, 1.807) is 33.2 Å². The molecule has 0 fully saturated rings. The number of rotatable bonds is 9. The lowest BCUT2D eigenvalue weighted by molar-refractivity contribution is -0.116. The van der Waals surface area contributed by atoms with E-state index in [-0.39, 0.29) is 18.9 Å². The first-order valence-corrected chi connectivity index (χ1v) is 12.5. The molecule has 0 saturated heterocycles. The van der Waals surface area contributed by atoms with Crippen LogP contribution in [0.1, 0.15) is 26.3 Å². The van der Waals surface area contributed by atoms with E-state index in [4.69, 9.17) is 21.7 Å². The second-order valence-electron chi connectivity index (χ2n) is 9.92. The predicted molar refractivity (Wildman–Crippen MR) is 148 cm³/mol. The predicted octanol–water partition coefficient (Wildman–Crippen LogP) is 3.63. The summed E-state index contributed by atoms with van der Waals surface area (Å²) < 4.78 is 11.4. The van der Waals surface area contributed by atoms with E-state index < -0.39 is 11.7 Å². The van der Waals surface area contributed by atoms with Gasteiger partial charge in [-0.25, -0.2) is 4.79 Å². The molecule has 10 heteroatoms. The van der Waals surface area contributed by atoms with Crippen LogP contribution in [0.15, 0.2) is 60.1 Å². The molecule has 0 saturated carbocycles. The van der Waals surface area contributed by atoms with Gasteiger partial charge in [-0.2, -0.15) is 0 Å². The van der Waals surface area contributed by atoms with Crippen LogP contribution in [0, 0.1) is 0 Å². The van der Waals surface area contributed by atoms with Gasteiger partial charge >= 0.3 is 6.09 Å². The number of ether oxygens (including phenoxy) is 2. The van der Waals surface area contributed by atoms with Crippen molar-refractivity contribution in [2.45, 2.75) is 32.9 Å². The molecule has 3 rings (SSSR count). The summed E-state index contributed by atoms with van der Waals surface area (Å²) >= 11 is 5.64. The van der Waals surface area contributed by atoms with Crippen molar-refractivity contribution >= 4 is 34.8 Å². The Morgan fingerprint density at radius 3 is 2.57 bits per heavy atom. The molecule has 2 aromatic rings. The molecule has 0 unspecified atom stereocenters. The minimum atomic E-state index is -0.683. The quantitative estimate of drug-likeness (QED) is 0.476. The average molecular weight is 526 g/mol. The van der Waals surface area contributed by atoms with Crippen molar-refractivity contribution in [1.29, 1.82) is 0 Å². The van der Waals surface area contributed by atoms with Crippen LogP contribution in [0.3, 0.4) is 0 Å². The number of amides is 1. The monoisotopic (exact) mass is 525 g/mol. The van der Waals surface area contributed by atoms with Gasteiger partial charge in [0.15, 0.2) is 5.78 Å². The highest BCUT2D eigenvalue weighted by atomic mass is 32.1. The SMILES string of the molecule is CN(C)CCOc1cnccc1CNC1=C(C(=S)Nc2ccccc2)C(=O)CN(C(=O)OC(C)(C)C)C1. The van der Waals surface area contributed by atoms with Crippen molar-refractivity contribution < 1.29 is 19.1 Å². The number of pyridine rings is 1. The second-order valence-corrected chi connectivity index (χ2v) is 10.3. The molecule has 1 aromatic heterocycles. The Balaban J connectivity index is 1.85. The first-order valence-electron chi connectivity index (χ1n) is 12.1. The largest absolute Gasteiger partial charge is 0.490 e. The summed E-state index contributed by atoms with van der Waals surface area (Å²) in [4.78, 5) is 34.0. The van der Waals surface area contributed by atoms with Crippen molar-refractivity contribution in [3.05, 3.63) is 65.6 Å². The second kappa shape index (κ2) is 12.6. The summed E-state index contributed by atoms with van der Waals surface area (Å²) in [5.41, 5.74) is 1.84. The highest BCUT2D eigenvalue weighted by molar-refractivity contribution is 7.81. The molecule has 0 atom stereocenters. The number of carbonyl (C=O) groups excluding carboxylic acids is 2. The number of aromatic nitrogens is 1. The number of anilines is 1. The molecule has 2 N–H and O–H groups in total. The van der Waals surface area contributed by atoms with Gasteiger partial charge in [-0.15, -0.1) is 0 Å². The third-order valence-corrected chi connectivity index (χ3v) is 5.64. The summed E-state index contributed by atoms with van der Waals surface area (Å²) in [5, 5.41) is 6.48. The Morgan fingerprint density at radius 2 is 1.89 bits per heavy atom. The van der Waals surface area contributed by atoms with Crippen molar-refractivity contribution in [2.75, 3.05) is 45.7 Å². The van der Waals surface area contributed by atoms with Crippen LogP contribution in [0.2, 0.25) is 0 Å². The Bertz CT molecular complexity index is 1140. The van der Waals surface area contributed by atoms with Gasteiger partial charge in [-0.05, 0) is 53.1 Å². The third-order valence-electron chi connectivity index (χ3n) is 5.33. The maximum Gasteiger partial charge on any atom is 0.411 e. The van der Waals surface area contributed by atoms with Gasteiger partial charge in [0.05, 0.1) is 24.9 Å². The lowest BCUT2D eigenvalue weighted by atomic mass is 10.0. The zero-order valence-electron chi connectivity index (χ0n) is 22.0. The number of ketones is 1. The normalized spacial score (nSPS) is 14.0. The Hall–Kier alpha value is -3.50. The molecule has 2 heterocycles. The minimum Gasteiger partial charge on any atom is -0.490 e. The van der Waals surface area contributed by atoms with Gasteiger partial charge in [0.25, 0.3) is 0 Å². The molecule has 198 valence electrons. The van der Waals surface area contributed by atoms with E-state index in [1.807, 2.05) is 55.4 Å². The fourth-order valence-electron chi connectivity index (χ4n) is 3.55. The fourth-order valence-corrected chi connectivity index (χ4v) is 3.90. The van der Waals surface area contributed by atoms with E-state index in [2.05, 4.69) is 15.6 Å². The Morgan fingerprint density at radius 1 is 1.16 bits per heavy atom. The van der Waals surface area contributed by atoms with Gasteiger partial charge in [0.1, 0.15) is 22.9 Å². The van der Waals surface area contributed by atoms with Crippen LogP contribution in [0.5, 0.6) is 5.75 Å². The van der Waals surface area contributed by atoms with Crippen LogP contribution in [0.4, 0.5) is 10.5 Å². The van der Waals surface area contributed by atoms with Gasteiger partial charge in [0, 0.05) is 36.2 Å². The van der Waals surface area contributed by atoms with Gasteiger partial charge < -0.3 is 25.0 Å². The molecule has 0 radical (unpaired) electrons. The number of carbonyl (C=O) groups is 2. The van der Waals surface area contributed by atoms with Crippen LogP contribution < -0.4 is 15.4 Å². The zero-order valence-corrected chi connectivity index (χ0v) is 22.9. The van der Waals surface area contributed by atoms with Crippen LogP contribution >= 0.6 is 12.2 Å². The van der Waals surface area contributed by atoms with Gasteiger partial charge in [-0.1, -0.05) is 30.4 Å². The van der Waals surface area contributed by atoms with Crippen molar-refractivity contribution in [2.24, 2.45) is 0 Å². The molecule has 1 aliphatic heterocycles. The highest BCUT2D eigenvalue weighted by Crippen LogP contribution is 2.22. The lowest BCUT2D eigenvalue weighted by Gasteiger charge is -2.32. The van der Waals surface area contributed by atoms with E-state index in [0.29, 0.717) is 35.2 Å². The van der Waals surface area contributed by atoms with Gasteiger partial charge in [-0.3, -0.25) is 14.7 Å². The number of hydrogen-bond donors (Lipinski definition) is 2. The smallest absolute Gasteiger partial charge is 0.411 e. The molecule has 0 aliphatic carbocycles. The molecule has 9 nitrogen and oxygen atoms in total. The first-order chi connectivity index (χ1) is 17.5. The Kier molecular flexibility index (Phi) is 9.60. The number of thiocarbonyl (C=S) groups is 1. The van der Waals surface area contributed by atoms with E-state index in [0.717, 1.165) is 17.8 Å². The first kappa shape index (κ1) is 28.1.